The number of likely N-dealkylation sites (N-methyl/N-ethyl adjacent to an activating group) is 1. The van der Waals surface area contributed by atoms with Crippen LogP contribution < -0.4 is 5.73 Å². The molecule has 0 aliphatic carbocycles. The van der Waals surface area contributed by atoms with E-state index in [1.54, 1.807) is 0 Å². The highest BCUT2D eigenvalue weighted by atomic mass is 15.1. The number of nitrogens with zero attached hydrogens (tertiary/aromatic N) is 1. The number of hydrogen-bond acceptors (Lipinski definition) is 2. The summed E-state index contributed by atoms with van der Waals surface area (Å²) in [7, 11) is 2.18. The fraction of sp³-hybridized carbons (Fsp3) is 1.00. The lowest BCUT2D eigenvalue weighted by Gasteiger charge is -2.33. The van der Waals surface area contributed by atoms with Crippen LogP contribution in [0.5, 0.6) is 0 Å². The summed E-state index contributed by atoms with van der Waals surface area (Å²) in [4.78, 5) is 2.38. The molecule has 86 valence electrons. The summed E-state index contributed by atoms with van der Waals surface area (Å²) in [6.07, 6.45) is 3.38. The Bertz CT molecular complexity index is 141. The zero-order valence-corrected chi connectivity index (χ0v) is 10.6. The minimum Gasteiger partial charge on any atom is -0.324 e. The fourth-order valence-electron chi connectivity index (χ4n) is 1.74. The second kappa shape index (κ2) is 6.41. The van der Waals surface area contributed by atoms with Crippen LogP contribution >= 0.6 is 0 Å². The van der Waals surface area contributed by atoms with Crippen molar-refractivity contribution in [2.45, 2.75) is 52.5 Å². The minimum absolute atomic E-state index is 0.0161. The summed E-state index contributed by atoms with van der Waals surface area (Å²) in [5.74, 6) is 0.776. The van der Waals surface area contributed by atoms with Gasteiger partial charge in [-0.2, -0.15) is 0 Å². The van der Waals surface area contributed by atoms with Crippen molar-refractivity contribution in [2.24, 2.45) is 11.7 Å². The van der Waals surface area contributed by atoms with Crippen LogP contribution in [0.25, 0.3) is 0 Å². The molecule has 14 heavy (non-hydrogen) atoms. The highest BCUT2D eigenvalue weighted by Gasteiger charge is 2.22. The zero-order chi connectivity index (χ0) is 11.2. The summed E-state index contributed by atoms with van der Waals surface area (Å²) in [6.45, 7) is 11.1. The molecule has 2 nitrogen and oxygen atoms in total. The predicted molar refractivity (Wildman–Crippen MR) is 64.5 cm³/mol. The van der Waals surface area contributed by atoms with E-state index < -0.39 is 0 Å². The Morgan fingerprint density at radius 3 is 2.07 bits per heavy atom. The van der Waals surface area contributed by atoms with Crippen LogP contribution in [-0.4, -0.2) is 30.6 Å². The zero-order valence-electron chi connectivity index (χ0n) is 10.6. The molecule has 2 heteroatoms. The van der Waals surface area contributed by atoms with Gasteiger partial charge in [0.2, 0.25) is 0 Å². The van der Waals surface area contributed by atoms with Gasteiger partial charge in [0.05, 0.1) is 0 Å². The molecular weight excluding hydrogens is 172 g/mol. The molecule has 0 heterocycles. The van der Waals surface area contributed by atoms with Gasteiger partial charge in [0.15, 0.2) is 0 Å². The molecule has 0 aliphatic rings. The number of rotatable bonds is 7. The Labute approximate surface area is 89.9 Å². The molecule has 0 aromatic carbocycles. The molecule has 0 rings (SSSR count). The lowest BCUT2D eigenvalue weighted by Crippen LogP contribution is -2.49. The van der Waals surface area contributed by atoms with Crippen molar-refractivity contribution in [2.75, 3.05) is 20.1 Å². The van der Waals surface area contributed by atoms with Gasteiger partial charge in [-0.15, -0.1) is 0 Å². The van der Waals surface area contributed by atoms with Gasteiger partial charge in [-0.05, 0) is 25.8 Å². The highest BCUT2D eigenvalue weighted by molar-refractivity contribution is 4.84. The number of hydrogen-bond donors (Lipinski definition) is 1. The van der Waals surface area contributed by atoms with Crippen LogP contribution in [0, 0.1) is 5.92 Å². The maximum Gasteiger partial charge on any atom is 0.0278 e. The molecule has 0 saturated carbocycles. The number of nitrogens with two attached hydrogens (primary N) is 1. The van der Waals surface area contributed by atoms with Crippen molar-refractivity contribution in [3.8, 4) is 0 Å². The van der Waals surface area contributed by atoms with Gasteiger partial charge in [0, 0.05) is 18.6 Å². The van der Waals surface area contributed by atoms with Crippen molar-refractivity contribution in [3.05, 3.63) is 0 Å². The maximum absolute atomic E-state index is 6.27. The molecule has 2 N–H and O–H groups in total. The lowest BCUT2D eigenvalue weighted by atomic mass is 9.93. The molecule has 0 aromatic rings. The predicted octanol–water partition coefficient (Wildman–Crippen LogP) is 2.48. The van der Waals surface area contributed by atoms with Gasteiger partial charge in [0.25, 0.3) is 0 Å². The van der Waals surface area contributed by atoms with E-state index in [0.717, 1.165) is 31.8 Å². The van der Waals surface area contributed by atoms with Crippen LogP contribution in [-0.2, 0) is 0 Å². The third-order valence-electron chi connectivity index (χ3n) is 3.31. The van der Waals surface area contributed by atoms with Crippen LogP contribution in [0.2, 0.25) is 0 Å². The Morgan fingerprint density at radius 2 is 1.71 bits per heavy atom. The quantitative estimate of drug-likeness (QED) is 0.684. The molecule has 1 unspecified atom stereocenters. The average Bonchev–Trinajstić information content (AvgIpc) is 2.17. The van der Waals surface area contributed by atoms with E-state index in [1.165, 1.54) is 6.42 Å². The first-order valence-corrected chi connectivity index (χ1v) is 5.94. The molecule has 0 amide bonds. The SMILES string of the molecule is CCC(C)CN(C)CC(N)(CC)CC. The third-order valence-corrected chi connectivity index (χ3v) is 3.31. The van der Waals surface area contributed by atoms with Crippen LogP contribution in [0.1, 0.15) is 47.0 Å². The first-order chi connectivity index (χ1) is 6.47. The van der Waals surface area contributed by atoms with Crippen LogP contribution in [0.15, 0.2) is 0 Å². The van der Waals surface area contributed by atoms with Gasteiger partial charge in [0.1, 0.15) is 0 Å². The first kappa shape index (κ1) is 13.9. The van der Waals surface area contributed by atoms with E-state index in [2.05, 4.69) is 39.6 Å². The third kappa shape index (κ3) is 4.97. The van der Waals surface area contributed by atoms with Gasteiger partial charge in [-0.1, -0.05) is 34.1 Å². The molecule has 0 aliphatic heterocycles. The average molecular weight is 200 g/mol. The summed E-state index contributed by atoms with van der Waals surface area (Å²) in [5.41, 5.74) is 6.29. The van der Waals surface area contributed by atoms with Crippen molar-refractivity contribution < 1.29 is 0 Å². The monoisotopic (exact) mass is 200 g/mol. The second-order valence-corrected chi connectivity index (χ2v) is 4.78. The minimum atomic E-state index is 0.0161. The van der Waals surface area contributed by atoms with Crippen LogP contribution in [0.3, 0.4) is 0 Å². The first-order valence-electron chi connectivity index (χ1n) is 5.94. The Kier molecular flexibility index (Phi) is 6.38. The van der Waals surface area contributed by atoms with E-state index in [0.29, 0.717) is 0 Å². The van der Waals surface area contributed by atoms with Crippen molar-refractivity contribution in [3.63, 3.8) is 0 Å². The highest BCUT2D eigenvalue weighted by Crippen LogP contribution is 2.13. The molecule has 0 fully saturated rings. The van der Waals surface area contributed by atoms with Crippen LogP contribution in [0.4, 0.5) is 0 Å². The largest absolute Gasteiger partial charge is 0.324 e. The molecule has 0 aromatic heterocycles. The topological polar surface area (TPSA) is 29.3 Å². The summed E-state index contributed by atoms with van der Waals surface area (Å²) in [5, 5.41) is 0. The van der Waals surface area contributed by atoms with Gasteiger partial charge in [-0.25, -0.2) is 0 Å². The summed E-state index contributed by atoms with van der Waals surface area (Å²) in [6, 6.07) is 0. The Hall–Kier alpha value is -0.0800. The van der Waals surface area contributed by atoms with Crippen molar-refractivity contribution in [1.29, 1.82) is 0 Å². The van der Waals surface area contributed by atoms with Crippen molar-refractivity contribution in [1.82, 2.24) is 4.90 Å². The molecule has 0 spiro atoms. The fourth-order valence-corrected chi connectivity index (χ4v) is 1.74. The van der Waals surface area contributed by atoms with Gasteiger partial charge < -0.3 is 10.6 Å². The van der Waals surface area contributed by atoms with Gasteiger partial charge in [-0.3, -0.25) is 0 Å². The van der Waals surface area contributed by atoms with Gasteiger partial charge >= 0.3 is 0 Å². The van der Waals surface area contributed by atoms with E-state index in [-0.39, 0.29) is 5.54 Å². The maximum atomic E-state index is 6.27. The van der Waals surface area contributed by atoms with E-state index in [1.807, 2.05) is 0 Å². The van der Waals surface area contributed by atoms with Crippen molar-refractivity contribution >= 4 is 0 Å². The summed E-state index contributed by atoms with van der Waals surface area (Å²) < 4.78 is 0. The van der Waals surface area contributed by atoms with E-state index in [9.17, 15) is 0 Å². The Morgan fingerprint density at radius 1 is 1.21 bits per heavy atom. The molecular formula is C12H28N2. The molecule has 0 saturated heterocycles. The lowest BCUT2D eigenvalue weighted by molar-refractivity contribution is 0.209. The summed E-state index contributed by atoms with van der Waals surface area (Å²) >= 11 is 0. The smallest absolute Gasteiger partial charge is 0.0278 e. The molecule has 1 atom stereocenters. The van der Waals surface area contributed by atoms with E-state index in [4.69, 9.17) is 5.73 Å². The molecule has 0 radical (unpaired) electrons. The Balaban J connectivity index is 3.96. The normalized spacial score (nSPS) is 14.8. The molecule has 0 bridgehead atoms. The van der Waals surface area contributed by atoms with E-state index >= 15 is 0 Å². The second-order valence-electron chi connectivity index (χ2n) is 4.78. The standard InChI is InChI=1S/C12H28N2/c1-6-11(4)9-14(5)10-12(13,7-2)8-3/h11H,6-10,13H2,1-5H3.